The molecule has 1 aliphatic heterocycles. The molecule has 1 amide bonds. The van der Waals surface area contributed by atoms with Crippen LogP contribution in [-0.4, -0.2) is 41.5 Å². The number of aliphatic hydroxyl groups is 1. The van der Waals surface area contributed by atoms with Crippen LogP contribution in [0.1, 0.15) is 45.0 Å². The van der Waals surface area contributed by atoms with Gasteiger partial charge in [0.25, 0.3) is 5.78 Å². The summed E-state index contributed by atoms with van der Waals surface area (Å²) >= 11 is 0.934. The summed E-state index contributed by atoms with van der Waals surface area (Å²) < 4.78 is 16.8. The van der Waals surface area contributed by atoms with Gasteiger partial charge in [-0.15, -0.1) is 0 Å². The number of hydrogen-bond donors (Lipinski definition) is 1. The Morgan fingerprint density at radius 2 is 1.67 bits per heavy atom. The van der Waals surface area contributed by atoms with Crippen molar-refractivity contribution in [2.45, 2.75) is 26.5 Å². The lowest BCUT2D eigenvalue weighted by Crippen LogP contribution is -2.29. The number of nitrogens with zero attached hydrogens (tertiary/aromatic N) is 2. The molecular weight excluding hydrogens is 556 g/mol. The number of hydrogen-bond acceptors (Lipinski definition) is 9. The molecule has 3 aromatic carbocycles. The zero-order chi connectivity index (χ0) is 29.8. The summed E-state index contributed by atoms with van der Waals surface area (Å²) in [5.74, 6) is -1.82. The Hall–Kier alpha value is -4.96. The number of aromatic nitrogens is 1. The van der Waals surface area contributed by atoms with Crippen molar-refractivity contribution in [2.75, 3.05) is 18.6 Å². The molecule has 2 heterocycles. The van der Waals surface area contributed by atoms with E-state index in [1.807, 2.05) is 37.3 Å². The minimum atomic E-state index is -1.07. The highest BCUT2D eigenvalue weighted by molar-refractivity contribution is 7.17. The van der Waals surface area contributed by atoms with E-state index in [0.717, 1.165) is 16.9 Å². The third-order valence-electron chi connectivity index (χ3n) is 6.67. The van der Waals surface area contributed by atoms with Crippen molar-refractivity contribution in [3.63, 3.8) is 0 Å². The summed E-state index contributed by atoms with van der Waals surface area (Å²) in [6.45, 7) is 4.10. The lowest BCUT2D eigenvalue weighted by Gasteiger charge is -2.24. The van der Waals surface area contributed by atoms with E-state index in [4.69, 9.17) is 14.2 Å². The first-order valence-electron chi connectivity index (χ1n) is 13.2. The second-order valence-electron chi connectivity index (χ2n) is 9.35. The van der Waals surface area contributed by atoms with Gasteiger partial charge in [-0.2, -0.15) is 0 Å². The maximum absolute atomic E-state index is 13.6. The van der Waals surface area contributed by atoms with Crippen molar-refractivity contribution >= 4 is 39.9 Å². The molecule has 1 fully saturated rings. The number of benzene rings is 3. The number of Topliss-reactive ketones (excluding diaryl/α,β-unsaturated/α-hetero) is 1. The molecule has 10 heteroatoms. The van der Waals surface area contributed by atoms with Crippen molar-refractivity contribution in [2.24, 2.45) is 0 Å². The predicted octanol–water partition coefficient (Wildman–Crippen LogP) is 5.84. The van der Waals surface area contributed by atoms with Crippen LogP contribution in [0.25, 0.3) is 5.76 Å². The van der Waals surface area contributed by atoms with Gasteiger partial charge >= 0.3 is 11.9 Å². The fourth-order valence-corrected chi connectivity index (χ4v) is 5.69. The Bertz CT molecular complexity index is 1660. The molecule has 1 N–H and O–H groups in total. The van der Waals surface area contributed by atoms with Gasteiger partial charge in [-0.3, -0.25) is 14.5 Å². The highest BCUT2D eigenvalue weighted by Crippen LogP contribution is 2.45. The van der Waals surface area contributed by atoms with E-state index in [-0.39, 0.29) is 21.3 Å². The van der Waals surface area contributed by atoms with Crippen molar-refractivity contribution in [1.29, 1.82) is 0 Å². The lowest BCUT2D eigenvalue weighted by atomic mass is 9.95. The molecule has 4 aromatic rings. The second-order valence-corrected chi connectivity index (χ2v) is 10.3. The van der Waals surface area contributed by atoms with Crippen LogP contribution in [0, 0.1) is 6.92 Å². The second kappa shape index (κ2) is 12.3. The van der Waals surface area contributed by atoms with E-state index in [1.54, 1.807) is 55.5 Å². The van der Waals surface area contributed by atoms with Gasteiger partial charge in [0.2, 0.25) is 0 Å². The Labute approximate surface area is 246 Å². The van der Waals surface area contributed by atoms with Gasteiger partial charge < -0.3 is 19.3 Å². The maximum Gasteiger partial charge on any atom is 0.350 e. The Morgan fingerprint density at radius 1 is 0.976 bits per heavy atom. The number of esters is 1. The molecule has 0 saturated carbocycles. The van der Waals surface area contributed by atoms with E-state index in [9.17, 15) is 19.5 Å². The number of amides is 1. The lowest BCUT2D eigenvalue weighted by molar-refractivity contribution is -0.132. The quantitative estimate of drug-likeness (QED) is 0.113. The first kappa shape index (κ1) is 28.6. The molecule has 1 unspecified atom stereocenters. The first-order chi connectivity index (χ1) is 20.3. The largest absolute Gasteiger partial charge is 0.507 e. The Kier molecular flexibility index (Phi) is 8.35. The molecule has 0 bridgehead atoms. The minimum absolute atomic E-state index is 0.112. The summed E-state index contributed by atoms with van der Waals surface area (Å²) in [4.78, 5) is 45.3. The number of thiazole rings is 1. The molecule has 1 aromatic heterocycles. The van der Waals surface area contributed by atoms with Crippen LogP contribution < -0.4 is 14.4 Å². The van der Waals surface area contributed by atoms with Crippen molar-refractivity contribution < 1.29 is 33.7 Å². The van der Waals surface area contributed by atoms with Gasteiger partial charge in [-0.1, -0.05) is 78.1 Å². The van der Waals surface area contributed by atoms with Crippen LogP contribution in [0.3, 0.4) is 0 Å². The predicted molar refractivity (Wildman–Crippen MR) is 158 cm³/mol. The van der Waals surface area contributed by atoms with Crippen LogP contribution in [0.15, 0.2) is 84.4 Å². The number of ether oxygens (including phenoxy) is 3. The van der Waals surface area contributed by atoms with Gasteiger partial charge in [-0.05, 0) is 37.1 Å². The average Bonchev–Trinajstić information content (AvgIpc) is 3.52. The minimum Gasteiger partial charge on any atom is -0.507 e. The third kappa shape index (κ3) is 5.48. The van der Waals surface area contributed by atoms with Gasteiger partial charge in [-0.25, -0.2) is 9.78 Å². The van der Waals surface area contributed by atoms with Crippen LogP contribution in [0.2, 0.25) is 0 Å². The normalized spacial score (nSPS) is 16.0. The molecule has 1 saturated heterocycles. The smallest absolute Gasteiger partial charge is 0.350 e. The summed E-state index contributed by atoms with van der Waals surface area (Å²) in [5, 5.41) is 11.5. The topological polar surface area (TPSA) is 115 Å². The van der Waals surface area contributed by atoms with Crippen molar-refractivity contribution in [3.05, 3.63) is 112 Å². The van der Waals surface area contributed by atoms with Gasteiger partial charge in [0.15, 0.2) is 16.6 Å². The Morgan fingerprint density at radius 3 is 2.33 bits per heavy atom. The van der Waals surface area contributed by atoms with Crippen molar-refractivity contribution in [3.8, 4) is 11.5 Å². The molecule has 1 atom stereocenters. The number of methoxy groups -OCH3 is 1. The van der Waals surface area contributed by atoms with E-state index < -0.39 is 23.7 Å². The average molecular weight is 585 g/mol. The standard InChI is InChI=1S/C32H28N2O7S/c1-4-40-24-17-22(15-16-23(24)41-18-20-11-7-5-8-12-20)26-25(27(35)21-13-9-6-10-14-21)28(36)30(37)34(26)32-33-19(2)29(42-32)31(38)39-3/h5-17,26,35H,4,18H2,1-3H3/b27-25+. The third-order valence-corrected chi connectivity index (χ3v) is 7.81. The van der Waals surface area contributed by atoms with E-state index >= 15 is 0 Å². The van der Waals surface area contributed by atoms with Gasteiger partial charge in [0.1, 0.15) is 17.2 Å². The maximum atomic E-state index is 13.6. The van der Waals surface area contributed by atoms with Crippen LogP contribution in [0.4, 0.5) is 5.13 Å². The number of carbonyl (C=O) groups is 3. The SMILES string of the molecule is CCOc1cc(C2/C(=C(\O)c3ccccc3)C(=O)C(=O)N2c2nc(C)c(C(=O)OC)s2)ccc1OCc1ccccc1. The summed E-state index contributed by atoms with van der Waals surface area (Å²) in [5.41, 5.74) is 2.07. The van der Waals surface area contributed by atoms with Crippen molar-refractivity contribution in [1.82, 2.24) is 4.98 Å². The van der Waals surface area contributed by atoms with Crippen LogP contribution >= 0.6 is 11.3 Å². The first-order valence-corrected chi connectivity index (χ1v) is 14.0. The zero-order valence-electron chi connectivity index (χ0n) is 23.2. The molecule has 214 valence electrons. The highest BCUT2D eigenvalue weighted by atomic mass is 32.1. The molecule has 0 radical (unpaired) electrons. The summed E-state index contributed by atoms with van der Waals surface area (Å²) in [6.07, 6.45) is 0. The number of aliphatic hydroxyl groups excluding tert-OH is 1. The van der Waals surface area contributed by atoms with E-state index in [2.05, 4.69) is 4.98 Å². The number of rotatable bonds is 9. The zero-order valence-corrected chi connectivity index (χ0v) is 24.0. The number of carbonyl (C=O) groups excluding carboxylic acids is 3. The summed E-state index contributed by atoms with van der Waals surface area (Å²) in [7, 11) is 1.25. The number of anilines is 1. The van der Waals surface area contributed by atoms with E-state index in [0.29, 0.717) is 41.5 Å². The van der Waals surface area contributed by atoms with Crippen LogP contribution in [-0.2, 0) is 20.9 Å². The van der Waals surface area contributed by atoms with Gasteiger partial charge in [0, 0.05) is 5.56 Å². The number of aryl methyl sites for hydroxylation is 1. The molecule has 5 rings (SSSR count). The molecule has 42 heavy (non-hydrogen) atoms. The molecule has 1 aliphatic rings. The fourth-order valence-electron chi connectivity index (χ4n) is 4.68. The monoisotopic (exact) mass is 584 g/mol. The molecule has 9 nitrogen and oxygen atoms in total. The fraction of sp³-hybridized carbons (Fsp3) is 0.188. The summed E-state index contributed by atoms with van der Waals surface area (Å²) in [6, 6.07) is 22.2. The Balaban J connectivity index is 1.64. The highest BCUT2D eigenvalue weighted by Gasteiger charge is 2.48. The van der Waals surface area contributed by atoms with Crippen LogP contribution in [0.5, 0.6) is 11.5 Å². The van der Waals surface area contributed by atoms with Gasteiger partial charge in [0.05, 0.1) is 31.0 Å². The molecular formula is C32H28N2O7S. The molecule has 0 spiro atoms. The van der Waals surface area contributed by atoms with E-state index in [1.165, 1.54) is 12.0 Å². The number of ketones is 1. The molecule has 0 aliphatic carbocycles.